The van der Waals surface area contributed by atoms with Gasteiger partial charge in [0.15, 0.2) is 5.03 Å². The SMILES string of the molecule is CCCn1cc(S(=O)(=O)NC2CCCC2N)nc1C. The number of sulfonamides is 1. The lowest BCUT2D eigenvalue weighted by Gasteiger charge is -2.16. The lowest BCUT2D eigenvalue weighted by atomic mass is 10.2. The van der Waals surface area contributed by atoms with Gasteiger partial charge in [0, 0.05) is 24.8 Å². The first-order valence-electron chi connectivity index (χ1n) is 6.75. The molecule has 2 atom stereocenters. The van der Waals surface area contributed by atoms with Crippen LogP contribution in [0.2, 0.25) is 0 Å². The second-order valence-electron chi connectivity index (χ2n) is 5.14. The number of aromatic nitrogens is 2. The molecule has 2 unspecified atom stereocenters. The zero-order valence-electron chi connectivity index (χ0n) is 11.5. The topological polar surface area (TPSA) is 90.0 Å². The summed E-state index contributed by atoms with van der Waals surface area (Å²) < 4.78 is 29.1. The summed E-state index contributed by atoms with van der Waals surface area (Å²) in [6.07, 6.45) is 5.18. The Hall–Kier alpha value is -0.920. The van der Waals surface area contributed by atoms with E-state index in [1.54, 1.807) is 6.20 Å². The molecule has 0 saturated heterocycles. The molecule has 1 aromatic heterocycles. The maximum Gasteiger partial charge on any atom is 0.259 e. The van der Waals surface area contributed by atoms with Crippen molar-refractivity contribution >= 4 is 10.0 Å². The Labute approximate surface area is 114 Å². The average Bonchev–Trinajstić information content (AvgIpc) is 2.88. The lowest BCUT2D eigenvalue weighted by molar-refractivity contribution is 0.520. The van der Waals surface area contributed by atoms with Crippen LogP contribution >= 0.6 is 0 Å². The Balaban J connectivity index is 2.17. The van der Waals surface area contributed by atoms with Crippen LogP contribution in [0.3, 0.4) is 0 Å². The summed E-state index contributed by atoms with van der Waals surface area (Å²) in [5.74, 6) is 0.720. The number of hydrogen-bond donors (Lipinski definition) is 2. The van der Waals surface area contributed by atoms with Gasteiger partial charge in [0.2, 0.25) is 0 Å². The number of aryl methyl sites for hydroxylation is 2. The minimum atomic E-state index is -3.56. The van der Waals surface area contributed by atoms with Crippen LogP contribution in [-0.4, -0.2) is 30.1 Å². The molecule has 1 aromatic rings. The Kier molecular flexibility index (Phi) is 4.27. The number of hydrogen-bond acceptors (Lipinski definition) is 4. The Morgan fingerprint density at radius 1 is 1.53 bits per heavy atom. The fraction of sp³-hybridized carbons (Fsp3) is 0.750. The molecular formula is C12H22N4O2S. The molecule has 7 heteroatoms. The van der Waals surface area contributed by atoms with Gasteiger partial charge < -0.3 is 10.3 Å². The van der Waals surface area contributed by atoms with Crippen LogP contribution in [-0.2, 0) is 16.6 Å². The van der Waals surface area contributed by atoms with Crippen molar-refractivity contribution in [1.82, 2.24) is 14.3 Å². The van der Waals surface area contributed by atoms with Crippen molar-refractivity contribution in [2.45, 2.75) is 63.2 Å². The monoisotopic (exact) mass is 286 g/mol. The highest BCUT2D eigenvalue weighted by Gasteiger charge is 2.30. The second kappa shape index (κ2) is 5.60. The first-order valence-corrected chi connectivity index (χ1v) is 8.24. The maximum absolute atomic E-state index is 12.3. The molecule has 0 aromatic carbocycles. The van der Waals surface area contributed by atoms with E-state index in [1.165, 1.54) is 0 Å². The minimum Gasteiger partial charge on any atom is -0.334 e. The van der Waals surface area contributed by atoms with Crippen molar-refractivity contribution in [1.29, 1.82) is 0 Å². The molecule has 108 valence electrons. The Bertz CT molecular complexity index is 538. The first kappa shape index (κ1) is 14.5. The van der Waals surface area contributed by atoms with Gasteiger partial charge in [-0.25, -0.2) is 18.1 Å². The molecule has 1 saturated carbocycles. The average molecular weight is 286 g/mol. The van der Waals surface area contributed by atoms with E-state index in [0.29, 0.717) is 0 Å². The van der Waals surface area contributed by atoms with E-state index in [4.69, 9.17) is 5.73 Å². The number of nitrogens with zero attached hydrogens (tertiary/aromatic N) is 2. The van der Waals surface area contributed by atoms with E-state index in [2.05, 4.69) is 9.71 Å². The molecule has 19 heavy (non-hydrogen) atoms. The van der Waals surface area contributed by atoms with E-state index in [0.717, 1.165) is 38.1 Å². The quantitative estimate of drug-likeness (QED) is 0.836. The van der Waals surface area contributed by atoms with Crippen LogP contribution in [0, 0.1) is 6.92 Å². The van der Waals surface area contributed by atoms with Crippen LogP contribution in [0.15, 0.2) is 11.2 Å². The van der Waals surface area contributed by atoms with Crippen molar-refractivity contribution in [2.75, 3.05) is 0 Å². The van der Waals surface area contributed by atoms with Crippen molar-refractivity contribution in [3.8, 4) is 0 Å². The van der Waals surface area contributed by atoms with Gasteiger partial charge >= 0.3 is 0 Å². The van der Waals surface area contributed by atoms with E-state index in [1.807, 2.05) is 18.4 Å². The second-order valence-corrected chi connectivity index (χ2v) is 6.80. The summed E-state index contributed by atoms with van der Waals surface area (Å²) in [7, 11) is -3.56. The predicted octanol–water partition coefficient (Wildman–Crippen LogP) is 0.760. The standard InChI is InChI=1S/C12H22N4O2S/c1-3-7-16-8-12(14-9(16)2)19(17,18)15-11-6-4-5-10(11)13/h8,10-11,15H,3-7,13H2,1-2H3. The Morgan fingerprint density at radius 3 is 2.84 bits per heavy atom. The van der Waals surface area contributed by atoms with Gasteiger partial charge in [0.25, 0.3) is 10.0 Å². The van der Waals surface area contributed by atoms with Gasteiger partial charge in [-0.2, -0.15) is 0 Å². The molecule has 1 heterocycles. The van der Waals surface area contributed by atoms with Gasteiger partial charge in [-0.15, -0.1) is 0 Å². The fourth-order valence-electron chi connectivity index (χ4n) is 2.47. The van der Waals surface area contributed by atoms with Gasteiger partial charge in [-0.05, 0) is 26.2 Å². The molecule has 2 rings (SSSR count). The van der Waals surface area contributed by atoms with E-state index in [9.17, 15) is 8.42 Å². The maximum atomic E-state index is 12.3. The lowest BCUT2D eigenvalue weighted by Crippen LogP contribution is -2.43. The summed E-state index contributed by atoms with van der Waals surface area (Å²) in [5, 5.41) is 0.0950. The first-order chi connectivity index (χ1) is 8.94. The zero-order valence-corrected chi connectivity index (χ0v) is 12.3. The largest absolute Gasteiger partial charge is 0.334 e. The van der Waals surface area contributed by atoms with E-state index < -0.39 is 10.0 Å². The summed E-state index contributed by atoms with van der Waals surface area (Å²) in [6.45, 7) is 4.64. The molecule has 0 aliphatic heterocycles. The highest BCUT2D eigenvalue weighted by molar-refractivity contribution is 7.89. The van der Waals surface area contributed by atoms with Crippen molar-refractivity contribution in [3.63, 3.8) is 0 Å². The van der Waals surface area contributed by atoms with Crippen molar-refractivity contribution in [3.05, 3.63) is 12.0 Å². The van der Waals surface area contributed by atoms with Crippen LogP contribution < -0.4 is 10.5 Å². The number of rotatable bonds is 5. The predicted molar refractivity (Wildman–Crippen MR) is 73.2 cm³/mol. The third kappa shape index (κ3) is 3.16. The van der Waals surface area contributed by atoms with Crippen LogP contribution in [0.5, 0.6) is 0 Å². The summed E-state index contributed by atoms with van der Waals surface area (Å²) in [4.78, 5) is 4.14. The van der Waals surface area contributed by atoms with E-state index >= 15 is 0 Å². The molecule has 1 aliphatic carbocycles. The normalized spacial score (nSPS) is 23.9. The highest BCUT2D eigenvalue weighted by Crippen LogP contribution is 2.19. The van der Waals surface area contributed by atoms with Gasteiger partial charge in [-0.1, -0.05) is 13.3 Å². The molecule has 3 N–H and O–H groups in total. The van der Waals surface area contributed by atoms with Crippen molar-refractivity contribution in [2.24, 2.45) is 5.73 Å². The molecule has 0 amide bonds. The third-order valence-electron chi connectivity index (χ3n) is 3.57. The van der Waals surface area contributed by atoms with Crippen LogP contribution in [0.25, 0.3) is 0 Å². The molecular weight excluding hydrogens is 264 g/mol. The summed E-state index contributed by atoms with van der Waals surface area (Å²) in [6, 6.07) is -0.254. The number of imidazole rings is 1. The number of nitrogens with one attached hydrogen (secondary N) is 1. The summed E-state index contributed by atoms with van der Waals surface area (Å²) >= 11 is 0. The fourth-order valence-corrected chi connectivity index (χ4v) is 3.80. The number of nitrogens with two attached hydrogens (primary N) is 1. The Morgan fingerprint density at radius 2 is 2.26 bits per heavy atom. The van der Waals surface area contributed by atoms with Crippen LogP contribution in [0.4, 0.5) is 0 Å². The molecule has 0 radical (unpaired) electrons. The highest BCUT2D eigenvalue weighted by atomic mass is 32.2. The third-order valence-corrected chi connectivity index (χ3v) is 4.93. The van der Waals surface area contributed by atoms with Crippen LogP contribution in [0.1, 0.15) is 38.4 Å². The smallest absolute Gasteiger partial charge is 0.259 e. The zero-order chi connectivity index (χ0) is 14.0. The van der Waals surface area contributed by atoms with E-state index in [-0.39, 0.29) is 17.1 Å². The molecule has 0 bridgehead atoms. The van der Waals surface area contributed by atoms with Gasteiger partial charge in [0.05, 0.1) is 0 Å². The summed E-state index contributed by atoms with van der Waals surface area (Å²) in [5.41, 5.74) is 5.89. The molecule has 1 aliphatic rings. The van der Waals surface area contributed by atoms with Gasteiger partial charge in [0.1, 0.15) is 5.82 Å². The minimum absolute atomic E-state index is 0.0893. The molecule has 0 spiro atoms. The molecule has 6 nitrogen and oxygen atoms in total. The molecule has 1 fully saturated rings. The van der Waals surface area contributed by atoms with Crippen molar-refractivity contribution < 1.29 is 8.42 Å². The van der Waals surface area contributed by atoms with Gasteiger partial charge in [-0.3, -0.25) is 0 Å².